The summed E-state index contributed by atoms with van der Waals surface area (Å²) in [4.78, 5) is 23.7. The summed E-state index contributed by atoms with van der Waals surface area (Å²) in [5.74, 6) is -1.47. The van der Waals surface area contributed by atoms with Crippen molar-refractivity contribution in [3.8, 4) is 0 Å². The van der Waals surface area contributed by atoms with Gasteiger partial charge in [0, 0.05) is 5.54 Å². The van der Waals surface area contributed by atoms with Crippen LogP contribution in [0.3, 0.4) is 0 Å². The quantitative estimate of drug-likeness (QED) is 0.249. The van der Waals surface area contributed by atoms with Crippen LogP contribution < -0.4 is 5.73 Å². The van der Waals surface area contributed by atoms with Crippen molar-refractivity contribution >= 4 is 46.0 Å². The number of nitrogens with two attached hydrogens (primary N) is 1. The lowest BCUT2D eigenvalue weighted by Gasteiger charge is -2.51. The van der Waals surface area contributed by atoms with Crippen LogP contribution in [0.25, 0.3) is 0 Å². The Hall–Kier alpha value is -0.492. The van der Waals surface area contributed by atoms with Gasteiger partial charge < -0.3 is 32.0 Å². The van der Waals surface area contributed by atoms with Crippen LogP contribution in [0.5, 0.6) is 0 Å². The molecule has 1 saturated carbocycles. The zero-order valence-electron chi connectivity index (χ0n) is 19.6. The number of aliphatic hydroxyl groups excluding tert-OH is 1. The van der Waals surface area contributed by atoms with Gasteiger partial charge in [-0.15, -0.1) is 0 Å². The van der Waals surface area contributed by atoms with Gasteiger partial charge in [-0.2, -0.15) is 0 Å². The first-order chi connectivity index (χ1) is 14.0. The highest BCUT2D eigenvalue weighted by molar-refractivity contribution is 6.93. The zero-order valence-corrected chi connectivity index (χ0v) is 23.6. The number of carbonyl (C=O) groups excluding carboxylic acids is 2. The minimum atomic E-state index is -2.81. The second-order valence-corrected chi connectivity index (χ2v) is 24.3. The van der Waals surface area contributed by atoms with Gasteiger partial charge >= 0.3 is 40.2 Å². The Balaban J connectivity index is 2.13. The maximum Gasteiger partial charge on any atom is 0.331 e. The molecule has 3 N–H and O–H groups in total. The molecule has 4 unspecified atom stereocenters. The molecule has 178 valence electrons. The highest BCUT2D eigenvalue weighted by atomic mass is 28.5. The number of ketones is 1. The number of hydrogen-bond donors (Lipinski definition) is 2. The Morgan fingerprint density at radius 2 is 1.48 bits per heavy atom. The number of aliphatic hydroxyl groups is 1. The summed E-state index contributed by atoms with van der Waals surface area (Å²) in [6.07, 6.45) is 0.791. The number of rotatable bonds is 5. The molecule has 9 nitrogen and oxygen atoms in total. The van der Waals surface area contributed by atoms with Gasteiger partial charge in [-0.3, -0.25) is 4.79 Å². The fourth-order valence-electron chi connectivity index (χ4n) is 4.61. The number of carbonyl (C=O) groups is 2. The molecule has 0 aromatic carbocycles. The van der Waals surface area contributed by atoms with E-state index in [1.807, 2.05) is 45.8 Å². The number of esters is 1. The Bertz CT molecular complexity index is 695. The van der Waals surface area contributed by atoms with Gasteiger partial charge in [-0.05, 0) is 71.2 Å². The Kier molecular flexibility index (Phi) is 8.11. The summed E-state index contributed by atoms with van der Waals surface area (Å²) in [5, 5.41) is 10.7. The molecule has 4 atom stereocenters. The van der Waals surface area contributed by atoms with Crippen LogP contribution in [0.4, 0.5) is 0 Å². The van der Waals surface area contributed by atoms with Crippen molar-refractivity contribution in [3.05, 3.63) is 12.7 Å². The molecule has 1 aliphatic carbocycles. The van der Waals surface area contributed by atoms with E-state index in [4.69, 9.17) is 26.9 Å². The van der Waals surface area contributed by atoms with Crippen molar-refractivity contribution in [2.24, 2.45) is 5.73 Å². The summed E-state index contributed by atoms with van der Waals surface area (Å²) >= 11 is 0. The van der Waals surface area contributed by atoms with Crippen molar-refractivity contribution in [1.82, 2.24) is 0 Å². The minimum Gasteiger partial charge on any atom is -0.458 e. The fraction of sp³-hybridized carbons (Fsp3) is 0.778. The van der Waals surface area contributed by atoms with Gasteiger partial charge in [0.2, 0.25) is 0 Å². The van der Waals surface area contributed by atoms with Crippen molar-refractivity contribution in [1.29, 1.82) is 0 Å². The molecule has 0 radical (unpaired) electrons. The molecule has 1 saturated heterocycles. The molecule has 0 aromatic heterocycles. The van der Waals surface area contributed by atoms with Gasteiger partial charge in [0.05, 0.1) is 6.10 Å². The average molecular weight is 508 g/mol. The normalized spacial score (nSPS) is 32.7. The molecule has 1 aliphatic heterocycles. The van der Waals surface area contributed by atoms with E-state index in [0.29, 0.717) is 19.3 Å². The smallest absolute Gasteiger partial charge is 0.331 e. The third kappa shape index (κ3) is 6.99. The van der Waals surface area contributed by atoms with Gasteiger partial charge in [0.25, 0.3) is 0 Å². The van der Waals surface area contributed by atoms with Crippen LogP contribution in [-0.4, -0.2) is 69.4 Å². The van der Waals surface area contributed by atoms with E-state index in [-0.39, 0.29) is 5.54 Å². The molecule has 2 aliphatic rings. The summed E-state index contributed by atoms with van der Waals surface area (Å²) < 4.78 is 31.4. The van der Waals surface area contributed by atoms with Crippen LogP contribution in [0, 0.1) is 0 Å². The second kappa shape index (κ2) is 9.40. The molecule has 0 spiro atoms. The van der Waals surface area contributed by atoms with E-state index < -0.39 is 64.2 Å². The fourth-order valence-corrected chi connectivity index (χ4v) is 26.7. The van der Waals surface area contributed by atoms with Crippen LogP contribution in [0.1, 0.15) is 19.3 Å². The van der Waals surface area contributed by atoms with Crippen LogP contribution >= 0.6 is 0 Å². The molecule has 2 fully saturated rings. The zero-order chi connectivity index (χ0) is 23.8. The standard InChI is InChI=1S/C18H37NO8Si4/c1-9-14(20)17(19)18(22)23-16-11-10-13(12-15(16)21)31(8)26-29(4,5)24-28(2,3)25-30(6,7)27-31/h9,13,15-17,21H,1,10-12,19H2,2-8H3. The average Bonchev–Trinajstić information content (AvgIpc) is 2.57. The van der Waals surface area contributed by atoms with E-state index in [9.17, 15) is 14.7 Å². The monoisotopic (exact) mass is 507 g/mol. The number of hydrogen-bond acceptors (Lipinski definition) is 9. The maximum absolute atomic E-state index is 12.1. The second-order valence-electron chi connectivity index (χ2n) is 9.76. The third-order valence-electron chi connectivity index (χ3n) is 5.41. The molecule has 0 amide bonds. The Morgan fingerprint density at radius 3 is 1.94 bits per heavy atom. The van der Waals surface area contributed by atoms with Crippen LogP contribution in [-0.2, 0) is 30.8 Å². The molecule has 0 aromatic rings. The van der Waals surface area contributed by atoms with E-state index in [1.54, 1.807) is 0 Å². The minimum absolute atomic E-state index is 0.0189. The Labute approximate surface area is 189 Å². The summed E-state index contributed by atoms with van der Waals surface area (Å²) in [7, 11) is -10.2. The largest absolute Gasteiger partial charge is 0.458 e. The predicted octanol–water partition coefficient (Wildman–Crippen LogP) is 2.15. The summed E-state index contributed by atoms with van der Waals surface area (Å²) in [6.45, 7) is 17.4. The summed E-state index contributed by atoms with van der Waals surface area (Å²) in [5.41, 5.74) is 5.57. The van der Waals surface area contributed by atoms with Gasteiger partial charge in [0.15, 0.2) is 11.8 Å². The maximum atomic E-state index is 12.1. The van der Waals surface area contributed by atoms with Crippen LogP contribution in [0.15, 0.2) is 12.7 Å². The van der Waals surface area contributed by atoms with E-state index in [0.717, 1.165) is 6.08 Å². The van der Waals surface area contributed by atoms with E-state index >= 15 is 0 Å². The lowest BCUT2D eigenvalue weighted by molar-refractivity contribution is -0.160. The summed E-state index contributed by atoms with van der Waals surface area (Å²) in [6, 6.07) is -1.42. The first kappa shape index (κ1) is 26.8. The molecule has 31 heavy (non-hydrogen) atoms. The van der Waals surface area contributed by atoms with Gasteiger partial charge in [0.1, 0.15) is 6.10 Å². The molecule has 1 heterocycles. The molecular formula is C18H37NO8Si4. The van der Waals surface area contributed by atoms with E-state index in [1.165, 1.54) is 0 Å². The molecular weight excluding hydrogens is 471 g/mol. The van der Waals surface area contributed by atoms with Gasteiger partial charge in [-0.25, -0.2) is 4.79 Å². The Morgan fingerprint density at radius 1 is 1.00 bits per heavy atom. The van der Waals surface area contributed by atoms with Crippen molar-refractivity contribution in [2.45, 2.75) is 88.9 Å². The lowest BCUT2D eigenvalue weighted by Crippen LogP contribution is -2.66. The first-order valence-corrected chi connectivity index (χ1v) is 21.4. The third-order valence-corrected chi connectivity index (χ3v) is 22.5. The topological polar surface area (TPSA) is 127 Å². The molecule has 13 heteroatoms. The highest BCUT2D eigenvalue weighted by Crippen LogP contribution is 2.43. The SMILES string of the molecule is C=CC(=O)C(N)C(=O)OC1CCC([Si]2(C)O[Si](C)(C)O[Si](C)(C)O[Si](C)(C)O2)CC1O. The lowest BCUT2D eigenvalue weighted by atomic mass is 9.94. The van der Waals surface area contributed by atoms with Crippen molar-refractivity contribution in [3.63, 3.8) is 0 Å². The van der Waals surface area contributed by atoms with Crippen molar-refractivity contribution < 1.29 is 35.9 Å². The van der Waals surface area contributed by atoms with E-state index in [2.05, 4.69) is 6.58 Å². The van der Waals surface area contributed by atoms with Crippen molar-refractivity contribution in [2.75, 3.05) is 0 Å². The molecule has 2 rings (SSSR count). The highest BCUT2D eigenvalue weighted by Gasteiger charge is 2.56. The predicted molar refractivity (Wildman–Crippen MR) is 125 cm³/mol. The molecule has 0 bridgehead atoms. The van der Waals surface area contributed by atoms with Crippen LogP contribution in [0.2, 0.25) is 51.4 Å². The van der Waals surface area contributed by atoms with Gasteiger partial charge in [-0.1, -0.05) is 6.58 Å². The first-order valence-electron chi connectivity index (χ1n) is 10.6. The number of ether oxygens (including phenoxy) is 1.